The predicted molar refractivity (Wildman–Crippen MR) is 59.5 cm³/mol. The zero-order valence-electron chi connectivity index (χ0n) is 9.43. The lowest BCUT2D eigenvalue weighted by atomic mass is 10.1. The monoisotopic (exact) mass is 224 g/mol. The van der Waals surface area contributed by atoms with Crippen LogP contribution in [0.25, 0.3) is 0 Å². The molecule has 4 heteroatoms. The highest BCUT2D eigenvalue weighted by Crippen LogP contribution is 2.35. The SMILES string of the molecule is CC(C)CCC(=O)Oc1c(O)cccc1O. The minimum atomic E-state index is -0.453. The van der Waals surface area contributed by atoms with Gasteiger partial charge >= 0.3 is 5.97 Å². The van der Waals surface area contributed by atoms with Gasteiger partial charge in [0.15, 0.2) is 11.5 Å². The molecule has 4 nitrogen and oxygen atoms in total. The topological polar surface area (TPSA) is 66.8 Å². The van der Waals surface area contributed by atoms with Crippen LogP contribution in [0.15, 0.2) is 18.2 Å². The summed E-state index contributed by atoms with van der Waals surface area (Å²) in [5.74, 6) is -0.692. The molecule has 2 N–H and O–H groups in total. The van der Waals surface area contributed by atoms with Crippen molar-refractivity contribution in [3.63, 3.8) is 0 Å². The molecule has 0 radical (unpaired) electrons. The molecule has 0 aromatic heterocycles. The Morgan fingerprint density at radius 2 is 1.88 bits per heavy atom. The van der Waals surface area contributed by atoms with Crippen LogP contribution in [0.2, 0.25) is 0 Å². The molecule has 0 atom stereocenters. The number of phenols is 2. The normalized spacial score (nSPS) is 10.4. The van der Waals surface area contributed by atoms with E-state index in [2.05, 4.69) is 0 Å². The molecule has 0 saturated heterocycles. The summed E-state index contributed by atoms with van der Waals surface area (Å²) in [4.78, 5) is 11.4. The summed E-state index contributed by atoms with van der Waals surface area (Å²) >= 11 is 0. The standard InChI is InChI=1S/C12H16O4/c1-8(2)6-7-11(15)16-12-9(13)4-3-5-10(12)14/h3-5,8,13-14H,6-7H2,1-2H3. The van der Waals surface area contributed by atoms with E-state index < -0.39 is 5.97 Å². The maximum atomic E-state index is 11.4. The Balaban J connectivity index is 2.63. The van der Waals surface area contributed by atoms with Crippen molar-refractivity contribution < 1.29 is 19.7 Å². The van der Waals surface area contributed by atoms with Gasteiger partial charge in [0.25, 0.3) is 0 Å². The highest BCUT2D eigenvalue weighted by Gasteiger charge is 2.13. The maximum absolute atomic E-state index is 11.4. The number of phenolic OH excluding ortho intramolecular Hbond substituents is 2. The van der Waals surface area contributed by atoms with Gasteiger partial charge in [0.1, 0.15) is 0 Å². The van der Waals surface area contributed by atoms with Crippen molar-refractivity contribution in [1.82, 2.24) is 0 Å². The maximum Gasteiger partial charge on any atom is 0.311 e. The fourth-order valence-corrected chi connectivity index (χ4v) is 1.19. The Kier molecular flexibility index (Phi) is 4.17. The predicted octanol–water partition coefficient (Wildman–Crippen LogP) is 2.44. The van der Waals surface area contributed by atoms with Crippen LogP contribution in [0.4, 0.5) is 0 Å². The van der Waals surface area contributed by atoms with Crippen LogP contribution >= 0.6 is 0 Å². The number of esters is 1. The van der Waals surface area contributed by atoms with Gasteiger partial charge in [-0.1, -0.05) is 19.9 Å². The zero-order valence-corrected chi connectivity index (χ0v) is 9.43. The molecule has 0 bridgehead atoms. The Morgan fingerprint density at radius 3 is 2.38 bits per heavy atom. The number of hydrogen-bond acceptors (Lipinski definition) is 4. The number of carbonyl (C=O) groups excluding carboxylic acids is 1. The van der Waals surface area contributed by atoms with Gasteiger partial charge in [-0.15, -0.1) is 0 Å². The van der Waals surface area contributed by atoms with Crippen molar-refractivity contribution >= 4 is 5.97 Å². The molecule has 1 aromatic carbocycles. The Hall–Kier alpha value is -1.71. The molecular formula is C12H16O4. The average molecular weight is 224 g/mol. The molecule has 0 fully saturated rings. The number of benzene rings is 1. The molecule has 16 heavy (non-hydrogen) atoms. The Morgan fingerprint density at radius 1 is 1.31 bits per heavy atom. The van der Waals surface area contributed by atoms with Gasteiger partial charge in [0, 0.05) is 6.42 Å². The van der Waals surface area contributed by atoms with Crippen LogP contribution in [0.3, 0.4) is 0 Å². The van der Waals surface area contributed by atoms with Crippen LogP contribution in [0.1, 0.15) is 26.7 Å². The van der Waals surface area contributed by atoms with E-state index in [1.165, 1.54) is 18.2 Å². The summed E-state index contributed by atoms with van der Waals surface area (Å²) in [5.41, 5.74) is 0. The summed E-state index contributed by atoms with van der Waals surface area (Å²) in [5, 5.41) is 18.8. The third-order valence-electron chi connectivity index (χ3n) is 2.12. The number of rotatable bonds is 4. The highest BCUT2D eigenvalue weighted by atomic mass is 16.5. The summed E-state index contributed by atoms with van der Waals surface area (Å²) in [6.45, 7) is 4.01. The molecule has 0 saturated carbocycles. The first-order chi connectivity index (χ1) is 7.50. The fourth-order valence-electron chi connectivity index (χ4n) is 1.19. The van der Waals surface area contributed by atoms with Gasteiger partial charge in [0.2, 0.25) is 5.75 Å². The summed E-state index contributed by atoms with van der Waals surface area (Å²) in [6, 6.07) is 4.17. The fraction of sp³-hybridized carbons (Fsp3) is 0.417. The van der Waals surface area contributed by atoms with Crippen LogP contribution < -0.4 is 4.74 Å². The van der Waals surface area contributed by atoms with Crippen molar-refractivity contribution in [2.24, 2.45) is 5.92 Å². The second-order valence-electron chi connectivity index (χ2n) is 4.03. The van der Waals surface area contributed by atoms with Crippen LogP contribution in [0, 0.1) is 5.92 Å². The van der Waals surface area contributed by atoms with E-state index >= 15 is 0 Å². The summed E-state index contributed by atoms with van der Waals surface area (Å²) in [6.07, 6.45) is 0.985. The van der Waals surface area contributed by atoms with Crippen LogP contribution in [0.5, 0.6) is 17.2 Å². The van der Waals surface area contributed by atoms with Gasteiger partial charge in [-0.05, 0) is 24.5 Å². The third kappa shape index (κ3) is 3.46. The largest absolute Gasteiger partial charge is 0.504 e. The molecular weight excluding hydrogens is 208 g/mol. The average Bonchev–Trinajstić information content (AvgIpc) is 2.21. The first kappa shape index (κ1) is 12.4. The van der Waals surface area contributed by atoms with E-state index in [0.29, 0.717) is 12.3 Å². The van der Waals surface area contributed by atoms with Crippen molar-refractivity contribution in [2.45, 2.75) is 26.7 Å². The third-order valence-corrected chi connectivity index (χ3v) is 2.12. The van der Waals surface area contributed by atoms with E-state index in [9.17, 15) is 15.0 Å². The number of carbonyl (C=O) groups is 1. The molecule has 1 rings (SSSR count). The van der Waals surface area contributed by atoms with E-state index in [0.717, 1.165) is 0 Å². The minimum absolute atomic E-state index is 0.170. The highest BCUT2D eigenvalue weighted by molar-refractivity contribution is 5.74. The smallest absolute Gasteiger partial charge is 0.311 e. The van der Waals surface area contributed by atoms with E-state index in [4.69, 9.17) is 4.74 Å². The zero-order chi connectivity index (χ0) is 12.1. The molecule has 0 unspecified atom stereocenters. The summed E-state index contributed by atoms with van der Waals surface area (Å²) in [7, 11) is 0. The lowest BCUT2D eigenvalue weighted by molar-refractivity contribution is -0.134. The van der Waals surface area contributed by atoms with Gasteiger partial charge in [-0.3, -0.25) is 4.79 Å². The van der Waals surface area contributed by atoms with Gasteiger partial charge in [-0.25, -0.2) is 0 Å². The molecule has 0 heterocycles. The van der Waals surface area contributed by atoms with Gasteiger partial charge < -0.3 is 14.9 Å². The van der Waals surface area contributed by atoms with E-state index in [1.54, 1.807) is 0 Å². The lowest BCUT2D eigenvalue weighted by Gasteiger charge is -2.08. The lowest BCUT2D eigenvalue weighted by Crippen LogP contribution is -2.09. The van der Waals surface area contributed by atoms with E-state index in [-0.39, 0.29) is 23.7 Å². The molecule has 0 aliphatic heterocycles. The number of ether oxygens (including phenoxy) is 1. The van der Waals surface area contributed by atoms with Crippen LogP contribution in [-0.4, -0.2) is 16.2 Å². The second-order valence-corrected chi connectivity index (χ2v) is 4.03. The van der Waals surface area contributed by atoms with Crippen molar-refractivity contribution in [3.8, 4) is 17.2 Å². The summed E-state index contributed by atoms with van der Waals surface area (Å²) < 4.78 is 4.89. The molecule has 88 valence electrons. The van der Waals surface area contributed by atoms with E-state index in [1.807, 2.05) is 13.8 Å². The van der Waals surface area contributed by atoms with Gasteiger partial charge in [-0.2, -0.15) is 0 Å². The van der Waals surface area contributed by atoms with Crippen molar-refractivity contribution in [3.05, 3.63) is 18.2 Å². The minimum Gasteiger partial charge on any atom is -0.504 e. The molecule has 0 amide bonds. The van der Waals surface area contributed by atoms with Crippen molar-refractivity contribution in [2.75, 3.05) is 0 Å². The number of aromatic hydroxyl groups is 2. The Labute approximate surface area is 94.5 Å². The number of para-hydroxylation sites is 1. The molecule has 1 aromatic rings. The first-order valence-electron chi connectivity index (χ1n) is 5.22. The quantitative estimate of drug-likeness (QED) is 0.609. The molecule has 0 spiro atoms. The van der Waals surface area contributed by atoms with Crippen LogP contribution in [-0.2, 0) is 4.79 Å². The van der Waals surface area contributed by atoms with Gasteiger partial charge in [0.05, 0.1) is 0 Å². The molecule has 0 aliphatic carbocycles. The first-order valence-corrected chi connectivity index (χ1v) is 5.22. The second kappa shape index (κ2) is 5.39. The number of hydrogen-bond donors (Lipinski definition) is 2. The molecule has 0 aliphatic rings. The Bertz CT molecular complexity index is 351. The van der Waals surface area contributed by atoms with Crippen molar-refractivity contribution in [1.29, 1.82) is 0 Å².